The number of amides is 2. The first-order valence-electron chi connectivity index (χ1n) is 10.6. The van der Waals surface area contributed by atoms with Gasteiger partial charge in [-0.25, -0.2) is 0 Å². The fraction of sp³-hybridized carbons (Fsp3) is 0.636. The normalized spacial score (nSPS) is 18.6. The summed E-state index contributed by atoms with van der Waals surface area (Å²) in [5, 5.41) is 6.37. The maximum absolute atomic E-state index is 12.7. The molecular formula is C22H36Cl2N4O2. The van der Waals surface area contributed by atoms with E-state index >= 15 is 0 Å². The smallest absolute Gasteiger partial charge is 0.234 e. The minimum atomic E-state index is 0. The number of hydrogen-bond donors (Lipinski definition) is 2. The van der Waals surface area contributed by atoms with Crippen LogP contribution in [0.25, 0.3) is 0 Å². The van der Waals surface area contributed by atoms with Crippen molar-refractivity contribution in [2.45, 2.75) is 32.7 Å². The van der Waals surface area contributed by atoms with Gasteiger partial charge in [0.2, 0.25) is 11.8 Å². The van der Waals surface area contributed by atoms with Crippen molar-refractivity contribution in [1.29, 1.82) is 0 Å². The average Bonchev–Trinajstić information content (AvgIpc) is 2.74. The standard InChI is InChI=1S/C22H34N4O2.2ClH/c1-18(20-7-9-23-10-8-20)15-22(28)26-13-11-25(12-14-26)17-21(27)24-16-19-5-3-2-4-6-19;;/h2-6,18,20,23H,7-17H2,1H3,(H,24,27);2*1H. The van der Waals surface area contributed by atoms with Crippen molar-refractivity contribution >= 4 is 36.6 Å². The summed E-state index contributed by atoms with van der Waals surface area (Å²) < 4.78 is 0. The third-order valence-corrected chi connectivity index (χ3v) is 6.11. The van der Waals surface area contributed by atoms with Gasteiger partial charge in [-0.3, -0.25) is 14.5 Å². The maximum Gasteiger partial charge on any atom is 0.234 e. The van der Waals surface area contributed by atoms with Crippen molar-refractivity contribution in [3.63, 3.8) is 0 Å². The van der Waals surface area contributed by atoms with Gasteiger partial charge in [0.05, 0.1) is 6.54 Å². The number of piperidine rings is 1. The van der Waals surface area contributed by atoms with Gasteiger partial charge in [0.25, 0.3) is 0 Å². The van der Waals surface area contributed by atoms with Crippen LogP contribution in [-0.4, -0.2) is 67.4 Å². The minimum absolute atomic E-state index is 0. The van der Waals surface area contributed by atoms with Crippen LogP contribution in [0.5, 0.6) is 0 Å². The van der Waals surface area contributed by atoms with Gasteiger partial charge in [0.1, 0.15) is 0 Å². The second-order valence-corrected chi connectivity index (χ2v) is 8.19. The zero-order chi connectivity index (χ0) is 19.8. The van der Waals surface area contributed by atoms with Crippen LogP contribution in [0.4, 0.5) is 0 Å². The highest BCUT2D eigenvalue weighted by molar-refractivity contribution is 5.85. The molecule has 2 saturated heterocycles. The predicted octanol–water partition coefficient (Wildman–Crippen LogP) is 2.32. The molecule has 2 fully saturated rings. The Hall–Kier alpha value is -1.34. The largest absolute Gasteiger partial charge is 0.351 e. The van der Waals surface area contributed by atoms with Crippen LogP contribution in [0.3, 0.4) is 0 Å². The van der Waals surface area contributed by atoms with Crippen molar-refractivity contribution < 1.29 is 9.59 Å². The van der Waals surface area contributed by atoms with E-state index in [0.29, 0.717) is 31.3 Å². The van der Waals surface area contributed by atoms with Crippen molar-refractivity contribution in [1.82, 2.24) is 20.4 Å². The molecule has 0 saturated carbocycles. The molecular weight excluding hydrogens is 423 g/mol. The summed E-state index contributed by atoms with van der Waals surface area (Å²) in [5.41, 5.74) is 1.11. The minimum Gasteiger partial charge on any atom is -0.351 e. The topological polar surface area (TPSA) is 64.7 Å². The monoisotopic (exact) mass is 458 g/mol. The summed E-state index contributed by atoms with van der Waals surface area (Å²) in [5.74, 6) is 1.44. The lowest BCUT2D eigenvalue weighted by Gasteiger charge is -2.36. The molecule has 8 heteroatoms. The van der Waals surface area contributed by atoms with Gasteiger partial charge in [0.15, 0.2) is 0 Å². The van der Waals surface area contributed by atoms with Gasteiger partial charge in [-0.2, -0.15) is 0 Å². The van der Waals surface area contributed by atoms with E-state index < -0.39 is 0 Å². The van der Waals surface area contributed by atoms with Gasteiger partial charge in [-0.05, 0) is 43.3 Å². The van der Waals surface area contributed by atoms with Crippen molar-refractivity contribution in [3.05, 3.63) is 35.9 Å². The van der Waals surface area contributed by atoms with Gasteiger partial charge < -0.3 is 15.5 Å². The Morgan fingerprint density at radius 2 is 1.70 bits per heavy atom. The number of halogens is 2. The summed E-state index contributed by atoms with van der Waals surface area (Å²) in [6.45, 7) is 8.34. The number of nitrogens with zero attached hydrogens (tertiary/aromatic N) is 2. The van der Waals surface area contributed by atoms with E-state index in [9.17, 15) is 9.59 Å². The van der Waals surface area contributed by atoms with Crippen molar-refractivity contribution in [3.8, 4) is 0 Å². The van der Waals surface area contributed by atoms with Gasteiger partial charge >= 0.3 is 0 Å². The molecule has 0 aliphatic carbocycles. The SMILES string of the molecule is CC(CC(=O)N1CCN(CC(=O)NCc2ccccc2)CC1)C1CCNCC1.Cl.Cl. The molecule has 0 spiro atoms. The average molecular weight is 459 g/mol. The van der Waals surface area contributed by atoms with E-state index in [0.717, 1.165) is 44.8 Å². The number of carbonyl (C=O) groups is 2. The maximum atomic E-state index is 12.7. The lowest BCUT2D eigenvalue weighted by atomic mass is 9.84. The second kappa shape index (κ2) is 13.9. The fourth-order valence-electron chi connectivity index (χ4n) is 4.20. The molecule has 1 aromatic rings. The molecule has 2 amide bonds. The van der Waals surface area contributed by atoms with Crippen LogP contribution in [0.15, 0.2) is 30.3 Å². The Morgan fingerprint density at radius 1 is 1.07 bits per heavy atom. The molecule has 0 bridgehead atoms. The number of piperazine rings is 1. The highest BCUT2D eigenvalue weighted by atomic mass is 35.5. The Morgan fingerprint density at radius 3 is 2.33 bits per heavy atom. The van der Waals surface area contributed by atoms with Gasteiger partial charge in [-0.15, -0.1) is 24.8 Å². The van der Waals surface area contributed by atoms with Crippen LogP contribution in [-0.2, 0) is 16.1 Å². The van der Waals surface area contributed by atoms with E-state index in [1.54, 1.807) is 0 Å². The third kappa shape index (κ3) is 8.42. The summed E-state index contributed by atoms with van der Waals surface area (Å²) in [4.78, 5) is 29.0. The first-order chi connectivity index (χ1) is 13.6. The van der Waals surface area contributed by atoms with Gasteiger partial charge in [0, 0.05) is 39.1 Å². The van der Waals surface area contributed by atoms with Gasteiger partial charge in [-0.1, -0.05) is 37.3 Å². The predicted molar refractivity (Wildman–Crippen MR) is 125 cm³/mol. The fourth-order valence-corrected chi connectivity index (χ4v) is 4.20. The lowest BCUT2D eigenvalue weighted by Crippen LogP contribution is -2.51. The molecule has 0 aromatic heterocycles. The molecule has 30 heavy (non-hydrogen) atoms. The Bertz CT molecular complexity index is 633. The van der Waals surface area contributed by atoms with E-state index in [4.69, 9.17) is 0 Å². The first kappa shape index (κ1) is 26.7. The number of benzene rings is 1. The number of rotatable bonds is 7. The van der Waals surface area contributed by atoms with Crippen LogP contribution in [0, 0.1) is 11.8 Å². The Balaban J connectivity index is 0.00000225. The highest BCUT2D eigenvalue weighted by Crippen LogP contribution is 2.25. The first-order valence-corrected chi connectivity index (χ1v) is 10.6. The molecule has 170 valence electrons. The number of carbonyl (C=O) groups excluding carboxylic acids is 2. The summed E-state index contributed by atoms with van der Waals surface area (Å²) in [6.07, 6.45) is 3.02. The van der Waals surface area contributed by atoms with E-state index in [1.165, 1.54) is 12.8 Å². The third-order valence-electron chi connectivity index (χ3n) is 6.11. The lowest BCUT2D eigenvalue weighted by molar-refractivity contribution is -0.134. The van der Waals surface area contributed by atoms with E-state index in [2.05, 4.69) is 22.5 Å². The second-order valence-electron chi connectivity index (χ2n) is 8.19. The summed E-state index contributed by atoms with van der Waals surface area (Å²) in [7, 11) is 0. The molecule has 3 rings (SSSR count). The van der Waals surface area contributed by atoms with Crippen LogP contribution < -0.4 is 10.6 Å². The molecule has 2 N–H and O–H groups in total. The van der Waals surface area contributed by atoms with Crippen LogP contribution in [0.1, 0.15) is 31.7 Å². The Kier molecular flexibility index (Phi) is 12.3. The van der Waals surface area contributed by atoms with Crippen LogP contribution in [0.2, 0.25) is 0 Å². The summed E-state index contributed by atoms with van der Waals surface area (Å²) in [6, 6.07) is 9.94. The molecule has 2 aliphatic rings. The quantitative estimate of drug-likeness (QED) is 0.657. The van der Waals surface area contributed by atoms with E-state index in [1.807, 2.05) is 35.2 Å². The molecule has 2 aliphatic heterocycles. The molecule has 6 nitrogen and oxygen atoms in total. The molecule has 1 unspecified atom stereocenters. The number of hydrogen-bond acceptors (Lipinski definition) is 4. The van der Waals surface area contributed by atoms with Crippen molar-refractivity contribution in [2.75, 3.05) is 45.8 Å². The zero-order valence-electron chi connectivity index (χ0n) is 17.8. The molecule has 1 atom stereocenters. The van der Waals surface area contributed by atoms with E-state index in [-0.39, 0.29) is 36.6 Å². The molecule has 1 aromatic carbocycles. The Labute approximate surface area is 193 Å². The summed E-state index contributed by atoms with van der Waals surface area (Å²) >= 11 is 0. The zero-order valence-corrected chi connectivity index (χ0v) is 19.5. The van der Waals surface area contributed by atoms with Crippen molar-refractivity contribution in [2.24, 2.45) is 11.8 Å². The molecule has 0 radical (unpaired) electrons. The van der Waals surface area contributed by atoms with Crippen LogP contribution >= 0.6 is 24.8 Å². The molecule has 2 heterocycles. The highest BCUT2D eigenvalue weighted by Gasteiger charge is 2.26. The number of nitrogens with one attached hydrogen (secondary N) is 2.